The molecule has 0 aliphatic rings. The summed E-state index contributed by atoms with van der Waals surface area (Å²) in [5.41, 5.74) is 0. The predicted octanol–water partition coefficient (Wildman–Crippen LogP) is 25.4. The first-order valence-electron chi connectivity index (χ1n) is 38.8. The van der Waals surface area contributed by atoms with E-state index < -0.39 is 12.1 Å². The summed E-state index contributed by atoms with van der Waals surface area (Å²) in [5, 5.41) is 23.2. The first kappa shape index (κ1) is 83.1. The lowest BCUT2D eigenvalue weighted by Crippen LogP contribution is -2.45. The average Bonchev–Trinajstić information content (AvgIpc) is 3.51. The number of hydrogen-bond acceptors (Lipinski definition) is 5. The number of carbonyl (C=O) groups is 2. The standard InChI is InChI=1S/C79H151NO5/c1-3-5-7-9-11-13-15-17-18-19-41-44-48-51-55-59-63-67-71-77(82)76(75-81)80-78(83)72-68-64-60-56-52-49-45-42-39-37-35-33-31-29-27-25-23-21-20-22-24-26-28-30-32-34-36-38-40-43-46-50-54-58-62-66-70-74-85-79(84)73-69-65-61-57-53-47-16-14-12-10-8-6-4-2/h8,10,14,16,67,71,76-77,81-82H,3-7,9,11-13,15,17-66,68-70,72-75H2,1-2H3,(H,80,83)/b10-8-,16-14-,71-67+. The number of rotatable bonds is 73. The molecule has 0 aromatic carbocycles. The lowest BCUT2D eigenvalue weighted by molar-refractivity contribution is -0.143. The van der Waals surface area contributed by atoms with Crippen LogP contribution in [0.25, 0.3) is 0 Å². The van der Waals surface area contributed by atoms with Crippen molar-refractivity contribution in [1.82, 2.24) is 5.32 Å². The van der Waals surface area contributed by atoms with Gasteiger partial charge in [-0.3, -0.25) is 9.59 Å². The zero-order valence-corrected chi connectivity index (χ0v) is 57.6. The van der Waals surface area contributed by atoms with Crippen molar-refractivity contribution in [3.05, 3.63) is 36.5 Å². The SMILES string of the molecule is CCC/C=C\C/C=C\CCCCCCCC(=O)OCCCCCCCCCCCCCCCCCCCCCCCCCCCCCCCCCCCCCCCC(=O)NC(CO)C(O)/C=C/CCCCCCCCCCCCCCCCCC. The summed E-state index contributed by atoms with van der Waals surface area (Å²) in [4.78, 5) is 24.6. The fourth-order valence-corrected chi connectivity index (χ4v) is 12.3. The Morgan fingerprint density at radius 3 is 0.941 bits per heavy atom. The fourth-order valence-electron chi connectivity index (χ4n) is 12.3. The van der Waals surface area contributed by atoms with Crippen LogP contribution in [0.3, 0.4) is 0 Å². The van der Waals surface area contributed by atoms with E-state index in [1.165, 1.54) is 353 Å². The quantitative estimate of drug-likeness (QED) is 0.0320. The third-order valence-electron chi connectivity index (χ3n) is 18.1. The van der Waals surface area contributed by atoms with Crippen molar-refractivity contribution < 1.29 is 24.5 Å². The Morgan fingerprint density at radius 1 is 0.329 bits per heavy atom. The van der Waals surface area contributed by atoms with E-state index in [9.17, 15) is 19.8 Å². The third-order valence-corrected chi connectivity index (χ3v) is 18.1. The number of hydrogen-bond donors (Lipinski definition) is 3. The van der Waals surface area contributed by atoms with Gasteiger partial charge in [0.05, 0.1) is 25.4 Å². The minimum Gasteiger partial charge on any atom is -0.466 e. The first-order chi connectivity index (χ1) is 42.0. The Labute approximate surface area is 532 Å². The van der Waals surface area contributed by atoms with E-state index in [0.29, 0.717) is 19.4 Å². The third kappa shape index (κ3) is 71.0. The summed E-state index contributed by atoms with van der Waals surface area (Å²) >= 11 is 0. The predicted molar refractivity (Wildman–Crippen MR) is 375 cm³/mol. The van der Waals surface area contributed by atoms with Crippen LogP contribution in [0, 0.1) is 0 Å². The van der Waals surface area contributed by atoms with Crippen LogP contribution in [0.15, 0.2) is 36.5 Å². The summed E-state index contributed by atoms with van der Waals surface area (Å²) in [6.45, 7) is 4.88. The van der Waals surface area contributed by atoms with Gasteiger partial charge in [0.25, 0.3) is 0 Å². The van der Waals surface area contributed by atoms with E-state index in [2.05, 4.69) is 43.5 Å². The van der Waals surface area contributed by atoms with Gasteiger partial charge in [-0.25, -0.2) is 0 Å². The van der Waals surface area contributed by atoms with Gasteiger partial charge in [0.15, 0.2) is 0 Å². The molecule has 0 radical (unpaired) electrons. The van der Waals surface area contributed by atoms with Crippen molar-refractivity contribution >= 4 is 11.9 Å². The van der Waals surface area contributed by atoms with Crippen LogP contribution >= 0.6 is 0 Å². The Hall–Kier alpha value is -1.92. The molecule has 0 heterocycles. The maximum atomic E-state index is 12.5. The van der Waals surface area contributed by atoms with E-state index in [-0.39, 0.29) is 18.5 Å². The molecule has 0 saturated heterocycles. The minimum atomic E-state index is -0.841. The van der Waals surface area contributed by atoms with E-state index in [0.717, 1.165) is 51.4 Å². The summed E-state index contributed by atoms with van der Waals surface area (Å²) in [7, 11) is 0. The molecule has 3 N–H and O–H groups in total. The summed E-state index contributed by atoms with van der Waals surface area (Å²) in [5.74, 6) is -0.0504. The summed E-state index contributed by atoms with van der Waals surface area (Å²) in [6.07, 6.45) is 97.0. The Balaban J connectivity index is 3.32. The lowest BCUT2D eigenvalue weighted by atomic mass is 10.0. The van der Waals surface area contributed by atoms with E-state index in [4.69, 9.17) is 4.74 Å². The monoisotopic (exact) mass is 1190 g/mol. The van der Waals surface area contributed by atoms with Gasteiger partial charge in [0, 0.05) is 12.8 Å². The van der Waals surface area contributed by atoms with Gasteiger partial charge in [0.2, 0.25) is 5.91 Å². The molecular weight excluding hydrogens is 1040 g/mol. The highest BCUT2D eigenvalue weighted by Gasteiger charge is 2.18. The molecular formula is C79H151NO5. The zero-order valence-electron chi connectivity index (χ0n) is 57.6. The second kappa shape index (κ2) is 74.5. The Kier molecular flexibility index (Phi) is 72.9. The van der Waals surface area contributed by atoms with Crippen LogP contribution < -0.4 is 5.32 Å². The van der Waals surface area contributed by atoms with Crippen molar-refractivity contribution in [3.63, 3.8) is 0 Å². The number of amides is 1. The molecule has 85 heavy (non-hydrogen) atoms. The number of nitrogens with one attached hydrogen (secondary N) is 1. The fraction of sp³-hybridized carbons (Fsp3) is 0.899. The molecule has 0 rings (SSSR count). The van der Waals surface area contributed by atoms with Crippen LogP contribution in [0.2, 0.25) is 0 Å². The normalized spacial score (nSPS) is 12.7. The largest absolute Gasteiger partial charge is 0.466 e. The van der Waals surface area contributed by atoms with Gasteiger partial charge in [-0.2, -0.15) is 0 Å². The van der Waals surface area contributed by atoms with E-state index >= 15 is 0 Å². The first-order valence-corrected chi connectivity index (χ1v) is 38.8. The zero-order chi connectivity index (χ0) is 61.3. The maximum absolute atomic E-state index is 12.5. The number of aliphatic hydroxyl groups is 2. The van der Waals surface area contributed by atoms with E-state index in [1.54, 1.807) is 6.08 Å². The van der Waals surface area contributed by atoms with Crippen molar-refractivity contribution in [2.75, 3.05) is 13.2 Å². The Morgan fingerprint density at radius 2 is 0.612 bits per heavy atom. The molecule has 6 heteroatoms. The van der Waals surface area contributed by atoms with E-state index in [1.807, 2.05) is 6.08 Å². The van der Waals surface area contributed by atoms with Gasteiger partial charge in [-0.05, 0) is 57.8 Å². The number of carbonyl (C=O) groups excluding carboxylic acids is 2. The van der Waals surface area contributed by atoms with Gasteiger partial charge < -0.3 is 20.3 Å². The number of ether oxygens (including phenoxy) is 1. The molecule has 0 aliphatic carbocycles. The van der Waals surface area contributed by atoms with Crippen LogP contribution in [0.1, 0.15) is 431 Å². The highest BCUT2D eigenvalue weighted by molar-refractivity contribution is 5.76. The Bertz CT molecular complexity index is 1380. The molecule has 502 valence electrons. The molecule has 1 amide bonds. The molecule has 0 fully saturated rings. The van der Waals surface area contributed by atoms with Gasteiger partial charge >= 0.3 is 5.97 Å². The van der Waals surface area contributed by atoms with Crippen LogP contribution in [0.5, 0.6) is 0 Å². The molecule has 0 aliphatic heterocycles. The smallest absolute Gasteiger partial charge is 0.305 e. The van der Waals surface area contributed by atoms with Crippen LogP contribution in [-0.4, -0.2) is 47.4 Å². The molecule has 2 atom stereocenters. The second-order valence-corrected chi connectivity index (χ2v) is 26.7. The maximum Gasteiger partial charge on any atom is 0.305 e. The lowest BCUT2D eigenvalue weighted by Gasteiger charge is -2.20. The van der Waals surface area contributed by atoms with Gasteiger partial charge in [0.1, 0.15) is 0 Å². The van der Waals surface area contributed by atoms with Gasteiger partial charge in [-0.15, -0.1) is 0 Å². The number of allylic oxidation sites excluding steroid dienone is 5. The number of esters is 1. The molecule has 6 nitrogen and oxygen atoms in total. The van der Waals surface area contributed by atoms with Crippen molar-refractivity contribution in [3.8, 4) is 0 Å². The molecule has 0 bridgehead atoms. The number of unbranched alkanes of at least 4 members (excludes halogenated alkanes) is 58. The van der Waals surface area contributed by atoms with Crippen LogP contribution in [0.4, 0.5) is 0 Å². The van der Waals surface area contributed by atoms with Gasteiger partial charge in [-0.1, -0.05) is 397 Å². The minimum absolute atomic E-state index is 0.00817. The van der Waals surface area contributed by atoms with Crippen LogP contribution in [-0.2, 0) is 14.3 Å². The van der Waals surface area contributed by atoms with Crippen molar-refractivity contribution in [2.24, 2.45) is 0 Å². The molecule has 0 aromatic rings. The second-order valence-electron chi connectivity index (χ2n) is 26.7. The molecule has 0 spiro atoms. The van der Waals surface area contributed by atoms with Crippen molar-refractivity contribution in [2.45, 2.75) is 443 Å². The summed E-state index contributed by atoms with van der Waals surface area (Å²) < 4.78 is 5.48. The highest BCUT2D eigenvalue weighted by atomic mass is 16.5. The number of aliphatic hydroxyl groups excluding tert-OH is 2. The molecule has 2 unspecified atom stereocenters. The molecule has 0 aromatic heterocycles. The topological polar surface area (TPSA) is 95.9 Å². The molecule has 0 saturated carbocycles. The average molecular weight is 1200 g/mol. The highest BCUT2D eigenvalue weighted by Crippen LogP contribution is 2.20. The van der Waals surface area contributed by atoms with Crippen molar-refractivity contribution in [1.29, 1.82) is 0 Å². The summed E-state index contributed by atoms with van der Waals surface area (Å²) in [6, 6.07) is -0.624.